The van der Waals surface area contributed by atoms with Gasteiger partial charge in [-0.1, -0.05) is 25.1 Å². The number of fused-ring (bicyclic) bond motifs is 1. The summed E-state index contributed by atoms with van der Waals surface area (Å²) in [5.74, 6) is 1.48. The lowest BCUT2D eigenvalue weighted by Gasteiger charge is -2.26. The van der Waals surface area contributed by atoms with Crippen molar-refractivity contribution in [1.29, 1.82) is 0 Å². The van der Waals surface area contributed by atoms with Crippen LogP contribution >= 0.6 is 12.2 Å². The maximum absolute atomic E-state index is 5.77. The third-order valence-electron chi connectivity index (χ3n) is 4.56. The molecule has 0 radical (unpaired) electrons. The summed E-state index contributed by atoms with van der Waals surface area (Å²) in [6.07, 6.45) is 4.59. The van der Waals surface area contributed by atoms with Crippen molar-refractivity contribution in [1.82, 2.24) is 4.98 Å². The molecule has 142 valence electrons. The second-order valence-corrected chi connectivity index (χ2v) is 6.86. The van der Waals surface area contributed by atoms with Gasteiger partial charge in [-0.2, -0.15) is 0 Å². The standard InChI is InChI=1S/C22H21N3O2S/c1-2-16-5-3-7-18(11-16)24-22(28)25(14-17-6-4-10-23-13-17)19-8-9-20-21(12-19)27-15-26-20/h3-13H,2,14-15H2,1H3,(H,24,28). The molecule has 5 nitrogen and oxygen atoms in total. The summed E-state index contributed by atoms with van der Waals surface area (Å²) in [5.41, 5.74) is 4.22. The van der Waals surface area contributed by atoms with Crippen molar-refractivity contribution in [3.05, 3.63) is 78.1 Å². The van der Waals surface area contributed by atoms with E-state index in [4.69, 9.17) is 21.7 Å². The molecule has 0 amide bonds. The lowest BCUT2D eigenvalue weighted by molar-refractivity contribution is 0.174. The zero-order valence-corrected chi connectivity index (χ0v) is 16.4. The summed E-state index contributed by atoms with van der Waals surface area (Å²) in [4.78, 5) is 6.25. The number of thiocarbonyl (C=S) groups is 1. The van der Waals surface area contributed by atoms with Crippen LogP contribution in [-0.2, 0) is 13.0 Å². The topological polar surface area (TPSA) is 46.6 Å². The molecule has 2 aromatic carbocycles. The normalized spacial score (nSPS) is 11.9. The second-order valence-electron chi connectivity index (χ2n) is 6.47. The minimum atomic E-state index is 0.244. The van der Waals surface area contributed by atoms with Gasteiger partial charge in [0.15, 0.2) is 16.6 Å². The van der Waals surface area contributed by atoms with Crippen LogP contribution in [-0.4, -0.2) is 16.9 Å². The number of pyridine rings is 1. The Bertz CT molecular complexity index is 979. The third-order valence-corrected chi connectivity index (χ3v) is 4.89. The molecule has 0 fully saturated rings. The van der Waals surface area contributed by atoms with Crippen molar-refractivity contribution < 1.29 is 9.47 Å². The first-order valence-corrected chi connectivity index (χ1v) is 9.60. The first-order chi connectivity index (χ1) is 13.7. The van der Waals surface area contributed by atoms with E-state index >= 15 is 0 Å². The molecule has 6 heteroatoms. The molecule has 2 heterocycles. The number of aromatic nitrogens is 1. The van der Waals surface area contributed by atoms with Gasteiger partial charge in [-0.05, 0) is 60.1 Å². The molecule has 1 aliphatic heterocycles. The Morgan fingerprint density at radius 1 is 1.07 bits per heavy atom. The van der Waals surface area contributed by atoms with Crippen LogP contribution in [0, 0.1) is 0 Å². The summed E-state index contributed by atoms with van der Waals surface area (Å²) in [6.45, 7) is 2.97. The number of nitrogens with zero attached hydrogens (tertiary/aromatic N) is 2. The highest BCUT2D eigenvalue weighted by atomic mass is 32.1. The van der Waals surface area contributed by atoms with E-state index in [-0.39, 0.29) is 6.79 Å². The van der Waals surface area contributed by atoms with Crippen LogP contribution in [0.3, 0.4) is 0 Å². The van der Waals surface area contributed by atoms with Crippen LogP contribution in [0.4, 0.5) is 11.4 Å². The predicted octanol–water partition coefficient (Wildman–Crippen LogP) is 4.78. The molecular formula is C22H21N3O2S. The quantitative estimate of drug-likeness (QED) is 0.632. The predicted molar refractivity (Wildman–Crippen MR) is 115 cm³/mol. The van der Waals surface area contributed by atoms with Crippen molar-refractivity contribution in [2.75, 3.05) is 17.0 Å². The van der Waals surface area contributed by atoms with Gasteiger partial charge in [-0.15, -0.1) is 0 Å². The van der Waals surface area contributed by atoms with Crippen molar-refractivity contribution >= 4 is 28.7 Å². The van der Waals surface area contributed by atoms with Crippen LogP contribution in [0.1, 0.15) is 18.1 Å². The summed E-state index contributed by atoms with van der Waals surface area (Å²) in [7, 11) is 0. The highest BCUT2D eigenvalue weighted by Gasteiger charge is 2.19. The van der Waals surface area contributed by atoms with Crippen molar-refractivity contribution in [2.24, 2.45) is 0 Å². The Morgan fingerprint density at radius 3 is 2.75 bits per heavy atom. The fraction of sp³-hybridized carbons (Fsp3) is 0.182. The summed E-state index contributed by atoms with van der Waals surface area (Å²) < 4.78 is 11.0. The van der Waals surface area contributed by atoms with Crippen LogP contribution in [0.2, 0.25) is 0 Å². The number of rotatable bonds is 5. The molecule has 1 aromatic heterocycles. The Balaban J connectivity index is 1.63. The van der Waals surface area contributed by atoms with Crippen LogP contribution in [0.5, 0.6) is 11.5 Å². The fourth-order valence-corrected chi connectivity index (χ4v) is 3.36. The molecule has 4 rings (SSSR count). The minimum absolute atomic E-state index is 0.244. The largest absolute Gasteiger partial charge is 0.454 e. The van der Waals surface area contributed by atoms with E-state index in [9.17, 15) is 0 Å². The SMILES string of the molecule is CCc1cccc(NC(=S)N(Cc2cccnc2)c2ccc3c(c2)OCO3)c1. The lowest BCUT2D eigenvalue weighted by Crippen LogP contribution is -2.34. The fourth-order valence-electron chi connectivity index (χ4n) is 3.07. The molecule has 1 aliphatic rings. The zero-order valence-electron chi connectivity index (χ0n) is 15.6. The first-order valence-electron chi connectivity index (χ1n) is 9.19. The van der Waals surface area contributed by atoms with E-state index in [1.165, 1.54) is 5.56 Å². The number of ether oxygens (including phenoxy) is 2. The molecule has 0 unspecified atom stereocenters. The van der Waals surface area contributed by atoms with E-state index in [2.05, 4.69) is 29.4 Å². The van der Waals surface area contributed by atoms with Gasteiger partial charge in [0.25, 0.3) is 0 Å². The number of hydrogen-bond donors (Lipinski definition) is 1. The maximum atomic E-state index is 5.77. The van der Waals surface area contributed by atoms with E-state index in [1.54, 1.807) is 6.20 Å². The van der Waals surface area contributed by atoms with Crippen molar-refractivity contribution in [3.63, 3.8) is 0 Å². The van der Waals surface area contributed by atoms with Gasteiger partial charge in [0.05, 0.1) is 6.54 Å². The number of hydrogen-bond acceptors (Lipinski definition) is 4. The zero-order chi connectivity index (χ0) is 19.3. The van der Waals surface area contributed by atoms with Gasteiger partial charge < -0.3 is 19.7 Å². The van der Waals surface area contributed by atoms with Crippen LogP contribution in [0.25, 0.3) is 0 Å². The van der Waals surface area contributed by atoms with Gasteiger partial charge in [0, 0.05) is 29.8 Å². The number of nitrogens with one attached hydrogen (secondary N) is 1. The Labute approximate surface area is 169 Å². The second kappa shape index (κ2) is 8.27. The van der Waals surface area contributed by atoms with Crippen molar-refractivity contribution in [3.8, 4) is 11.5 Å². The van der Waals surface area contributed by atoms with Gasteiger partial charge in [0.2, 0.25) is 6.79 Å². The average Bonchev–Trinajstić information content (AvgIpc) is 3.20. The number of aryl methyl sites for hydroxylation is 1. The Morgan fingerprint density at radius 2 is 1.93 bits per heavy atom. The third kappa shape index (κ3) is 4.07. The van der Waals surface area contributed by atoms with Crippen LogP contribution < -0.4 is 19.7 Å². The van der Waals surface area contributed by atoms with Gasteiger partial charge >= 0.3 is 0 Å². The van der Waals surface area contributed by atoms with E-state index in [0.717, 1.165) is 34.9 Å². The molecule has 0 saturated carbocycles. The lowest BCUT2D eigenvalue weighted by atomic mass is 10.1. The number of anilines is 2. The maximum Gasteiger partial charge on any atom is 0.231 e. The summed E-state index contributed by atoms with van der Waals surface area (Å²) in [6, 6.07) is 18.1. The molecule has 0 saturated heterocycles. The highest BCUT2D eigenvalue weighted by Crippen LogP contribution is 2.36. The summed E-state index contributed by atoms with van der Waals surface area (Å²) in [5, 5.41) is 3.98. The molecule has 0 spiro atoms. The molecule has 0 aliphatic carbocycles. The van der Waals surface area contributed by atoms with E-state index < -0.39 is 0 Å². The Hall–Kier alpha value is -3.12. The molecule has 1 N–H and O–H groups in total. The van der Waals surface area contributed by atoms with Crippen molar-refractivity contribution in [2.45, 2.75) is 19.9 Å². The molecule has 0 bridgehead atoms. The van der Waals surface area contributed by atoms with Gasteiger partial charge in [-0.25, -0.2) is 0 Å². The minimum Gasteiger partial charge on any atom is -0.454 e. The smallest absolute Gasteiger partial charge is 0.231 e. The van der Waals surface area contributed by atoms with E-state index in [1.807, 2.05) is 53.6 Å². The molecule has 3 aromatic rings. The number of benzene rings is 2. The van der Waals surface area contributed by atoms with Gasteiger partial charge in [0.1, 0.15) is 0 Å². The molecular weight excluding hydrogens is 370 g/mol. The summed E-state index contributed by atoms with van der Waals surface area (Å²) >= 11 is 5.77. The highest BCUT2D eigenvalue weighted by molar-refractivity contribution is 7.80. The Kier molecular flexibility index (Phi) is 5.39. The average molecular weight is 391 g/mol. The first kappa shape index (κ1) is 18.3. The molecule has 28 heavy (non-hydrogen) atoms. The monoisotopic (exact) mass is 391 g/mol. The van der Waals surface area contributed by atoms with E-state index in [0.29, 0.717) is 11.7 Å². The van der Waals surface area contributed by atoms with Gasteiger partial charge in [-0.3, -0.25) is 4.98 Å². The molecule has 0 atom stereocenters. The van der Waals surface area contributed by atoms with Crippen LogP contribution in [0.15, 0.2) is 67.0 Å².